The highest BCUT2D eigenvalue weighted by Gasteiger charge is 2.28. The van der Waals surface area contributed by atoms with Crippen molar-refractivity contribution in [3.05, 3.63) is 76.2 Å². The lowest BCUT2D eigenvalue weighted by Crippen LogP contribution is -2.29. The molecule has 0 bridgehead atoms. The van der Waals surface area contributed by atoms with E-state index in [0.717, 1.165) is 22.2 Å². The number of sulfonamides is 1. The molecule has 1 N–H and O–H groups in total. The Hall–Kier alpha value is -2.81. The topological polar surface area (TPSA) is 77.8 Å². The van der Waals surface area contributed by atoms with E-state index in [9.17, 15) is 8.42 Å². The average Bonchev–Trinajstić information content (AvgIpc) is 3.31. The van der Waals surface area contributed by atoms with E-state index >= 15 is 0 Å². The molecule has 8 heteroatoms. The Bertz CT molecular complexity index is 1310. The fourth-order valence-corrected chi connectivity index (χ4v) is 5.85. The first-order valence-electron chi connectivity index (χ1n) is 9.96. The molecular weight excluding hydrogens is 434 g/mol. The van der Waals surface area contributed by atoms with E-state index in [1.165, 1.54) is 23.5 Å². The Balaban J connectivity index is 1.54. The molecule has 6 nitrogen and oxygen atoms in total. The van der Waals surface area contributed by atoms with Gasteiger partial charge in [0.25, 0.3) is 0 Å². The van der Waals surface area contributed by atoms with Crippen molar-refractivity contribution in [1.29, 1.82) is 0 Å². The maximum absolute atomic E-state index is 13.4. The summed E-state index contributed by atoms with van der Waals surface area (Å²) >= 11 is 1.49. The fraction of sp³-hybridized carbons (Fsp3) is 0.217. The largest absolute Gasteiger partial charge is 0.490 e. The van der Waals surface area contributed by atoms with E-state index in [2.05, 4.69) is 4.72 Å². The summed E-state index contributed by atoms with van der Waals surface area (Å²) in [6.45, 7) is 2.99. The normalized spacial score (nSPS) is 15.0. The van der Waals surface area contributed by atoms with Gasteiger partial charge in [0.05, 0.1) is 18.1 Å². The minimum atomic E-state index is -3.87. The van der Waals surface area contributed by atoms with Crippen LogP contribution >= 0.6 is 11.3 Å². The van der Waals surface area contributed by atoms with Crippen LogP contribution in [0.25, 0.3) is 11.0 Å². The Morgan fingerprint density at radius 3 is 2.58 bits per heavy atom. The molecule has 0 saturated carbocycles. The third kappa shape index (κ3) is 3.94. The second kappa shape index (κ2) is 8.03. The Kier molecular flexibility index (Phi) is 5.21. The van der Waals surface area contributed by atoms with E-state index in [1.54, 1.807) is 6.07 Å². The van der Waals surface area contributed by atoms with Crippen LogP contribution in [0, 0.1) is 6.92 Å². The summed E-state index contributed by atoms with van der Waals surface area (Å²) in [5, 5.41) is 2.87. The summed E-state index contributed by atoms with van der Waals surface area (Å²) in [5.74, 6) is 1.54. The van der Waals surface area contributed by atoms with Gasteiger partial charge in [-0.3, -0.25) is 0 Å². The van der Waals surface area contributed by atoms with Crippen molar-refractivity contribution in [3.8, 4) is 11.5 Å². The predicted molar refractivity (Wildman–Crippen MR) is 119 cm³/mol. The standard InChI is InChI=1S/C23H21NO5S2/c1-15-9-12-30-23(15)22(21-13-16-5-2-3-6-18(16)29-21)24-31(25,26)17-7-8-19-20(14-17)28-11-4-10-27-19/h2-3,5-9,12-14,22,24H,4,10-11H2,1H3/t22-/m1/s1. The quantitative estimate of drug-likeness (QED) is 0.457. The number of aryl methyl sites for hydroxylation is 1. The Morgan fingerprint density at radius 1 is 1.00 bits per heavy atom. The van der Waals surface area contributed by atoms with E-state index < -0.39 is 16.1 Å². The summed E-state index contributed by atoms with van der Waals surface area (Å²) in [6.07, 6.45) is 0.751. The molecular formula is C23H21NO5S2. The molecule has 4 aromatic rings. The average molecular weight is 456 g/mol. The van der Waals surface area contributed by atoms with Gasteiger partial charge in [0, 0.05) is 22.8 Å². The number of nitrogens with one attached hydrogen (secondary N) is 1. The highest BCUT2D eigenvalue weighted by Crippen LogP contribution is 2.36. The molecule has 1 aliphatic heterocycles. The molecule has 0 amide bonds. The van der Waals surface area contributed by atoms with Crippen LogP contribution in [-0.2, 0) is 10.0 Å². The van der Waals surface area contributed by atoms with Crippen molar-refractivity contribution in [1.82, 2.24) is 4.72 Å². The number of hydrogen-bond donors (Lipinski definition) is 1. The first kappa shape index (κ1) is 20.1. The van der Waals surface area contributed by atoms with Crippen LogP contribution in [0.15, 0.2) is 69.3 Å². The van der Waals surface area contributed by atoms with Gasteiger partial charge in [-0.25, -0.2) is 8.42 Å². The number of thiophene rings is 1. The molecule has 0 spiro atoms. The number of rotatable bonds is 5. The minimum absolute atomic E-state index is 0.118. The third-order valence-electron chi connectivity index (χ3n) is 5.20. The van der Waals surface area contributed by atoms with Gasteiger partial charge in [-0.15, -0.1) is 11.3 Å². The van der Waals surface area contributed by atoms with Crippen LogP contribution in [0.3, 0.4) is 0 Å². The summed E-state index contributed by atoms with van der Waals surface area (Å²) in [7, 11) is -3.87. The molecule has 0 fully saturated rings. The number of fused-ring (bicyclic) bond motifs is 2. The lowest BCUT2D eigenvalue weighted by atomic mass is 10.1. The molecule has 160 valence electrons. The van der Waals surface area contributed by atoms with Crippen molar-refractivity contribution in [2.24, 2.45) is 0 Å². The van der Waals surface area contributed by atoms with Crippen LogP contribution in [-0.4, -0.2) is 21.6 Å². The summed E-state index contributed by atoms with van der Waals surface area (Å²) in [6, 6.07) is 15.5. The molecule has 1 atom stereocenters. The highest BCUT2D eigenvalue weighted by atomic mass is 32.2. The van der Waals surface area contributed by atoms with Crippen LogP contribution in [0.4, 0.5) is 0 Å². The zero-order valence-electron chi connectivity index (χ0n) is 16.8. The second-order valence-electron chi connectivity index (χ2n) is 7.37. The number of furan rings is 1. The summed E-state index contributed by atoms with van der Waals surface area (Å²) in [5.41, 5.74) is 1.71. The fourth-order valence-electron chi connectivity index (χ4n) is 3.60. The zero-order valence-corrected chi connectivity index (χ0v) is 18.5. The van der Waals surface area contributed by atoms with Crippen molar-refractivity contribution in [2.75, 3.05) is 13.2 Å². The van der Waals surface area contributed by atoms with Gasteiger partial charge in [0.15, 0.2) is 11.5 Å². The SMILES string of the molecule is Cc1ccsc1[C@H](NS(=O)(=O)c1ccc2c(c1)OCCCO2)c1cc2ccccc2o1. The van der Waals surface area contributed by atoms with Crippen molar-refractivity contribution >= 4 is 32.3 Å². The van der Waals surface area contributed by atoms with Gasteiger partial charge in [0.2, 0.25) is 10.0 Å². The molecule has 0 unspecified atom stereocenters. The first-order chi connectivity index (χ1) is 15.0. The third-order valence-corrected chi connectivity index (χ3v) is 7.70. The van der Waals surface area contributed by atoms with Gasteiger partial charge in [-0.1, -0.05) is 18.2 Å². The zero-order chi connectivity index (χ0) is 21.4. The monoisotopic (exact) mass is 455 g/mol. The van der Waals surface area contributed by atoms with Gasteiger partial charge in [-0.05, 0) is 48.2 Å². The van der Waals surface area contributed by atoms with Crippen LogP contribution < -0.4 is 14.2 Å². The highest BCUT2D eigenvalue weighted by molar-refractivity contribution is 7.89. The maximum Gasteiger partial charge on any atom is 0.241 e. The van der Waals surface area contributed by atoms with E-state index in [-0.39, 0.29) is 4.90 Å². The molecule has 1 aliphatic rings. The number of para-hydroxylation sites is 1. The van der Waals surface area contributed by atoms with Crippen molar-refractivity contribution in [2.45, 2.75) is 24.3 Å². The van der Waals surface area contributed by atoms with Gasteiger partial charge in [0.1, 0.15) is 17.4 Å². The van der Waals surface area contributed by atoms with Crippen LogP contribution in [0.5, 0.6) is 11.5 Å². The van der Waals surface area contributed by atoms with E-state index in [0.29, 0.717) is 36.1 Å². The minimum Gasteiger partial charge on any atom is -0.490 e. The maximum atomic E-state index is 13.4. The Labute approximate surface area is 184 Å². The number of hydrogen-bond acceptors (Lipinski definition) is 6. The molecule has 3 heterocycles. The molecule has 0 saturated heterocycles. The van der Waals surface area contributed by atoms with Crippen molar-refractivity contribution < 1.29 is 22.3 Å². The summed E-state index contributed by atoms with van der Waals surface area (Å²) < 4.78 is 46.9. The molecule has 5 rings (SSSR count). The number of benzene rings is 2. The Morgan fingerprint density at radius 2 is 1.81 bits per heavy atom. The predicted octanol–water partition coefficient (Wildman–Crippen LogP) is 5.03. The van der Waals surface area contributed by atoms with E-state index in [4.69, 9.17) is 13.9 Å². The molecule has 31 heavy (non-hydrogen) atoms. The number of ether oxygens (including phenoxy) is 2. The summed E-state index contributed by atoms with van der Waals surface area (Å²) in [4.78, 5) is 1.00. The lowest BCUT2D eigenvalue weighted by molar-refractivity contribution is 0.297. The van der Waals surface area contributed by atoms with Gasteiger partial charge >= 0.3 is 0 Å². The van der Waals surface area contributed by atoms with Crippen LogP contribution in [0.2, 0.25) is 0 Å². The van der Waals surface area contributed by atoms with Crippen LogP contribution in [0.1, 0.15) is 28.7 Å². The smallest absolute Gasteiger partial charge is 0.241 e. The van der Waals surface area contributed by atoms with Gasteiger partial charge in [-0.2, -0.15) is 4.72 Å². The lowest BCUT2D eigenvalue weighted by Gasteiger charge is -2.17. The molecule has 0 radical (unpaired) electrons. The van der Waals surface area contributed by atoms with Gasteiger partial charge < -0.3 is 13.9 Å². The molecule has 0 aliphatic carbocycles. The van der Waals surface area contributed by atoms with Crippen molar-refractivity contribution in [3.63, 3.8) is 0 Å². The van der Waals surface area contributed by atoms with E-state index in [1.807, 2.05) is 48.7 Å². The molecule has 2 aromatic carbocycles. The first-order valence-corrected chi connectivity index (χ1v) is 12.3. The molecule has 2 aromatic heterocycles. The second-order valence-corrected chi connectivity index (χ2v) is 10.0.